The summed E-state index contributed by atoms with van der Waals surface area (Å²) in [5.41, 5.74) is 0.00357. The molecule has 0 aliphatic rings. The number of rotatable bonds is 3. The molecule has 9 heteroatoms. The first-order chi connectivity index (χ1) is 13.6. The zero-order chi connectivity index (χ0) is 21.3. The number of benzene rings is 1. The van der Waals surface area contributed by atoms with Gasteiger partial charge in [0.15, 0.2) is 0 Å². The number of fused-ring (bicyclic) bond motifs is 1. The SMILES string of the molecule is COC(=O)c1sc2cccnc2c1N(C(=O)OC(C)(C)C)c1ccc(F)c(Cl)c1. The molecule has 1 amide bonds. The number of carbonyl (C=O) groups is 2. The van der Waals surface area contributed by atoms with E-state index in [1.807, 2.05) is 0 Å². The molecule has 0 atom stereocenters. The second-order valence-electron chi connectivity index (χ2n) is 7.04. The highest BCUT2D eigenvalue weighted by atomic mass is 35.5. The number of halogens is 2. The van der Waals surface area contributed by atoms with Gasteiger partial charge in [0.1, 0.15) is 27.5 Å². The molecule has 2 aromatic heterocycles. The zero-order valence-electron chi connectivity index (χ0n) is 16.2. The van der Waals surface area contributed by atoms with Crippen LogP contribution in [-0.2, 0) is 9.47 Å². The van der Waals surface area contributed by atoms with Crippen molar-refractivity contribution in [1.82, 2.24) is 4.98 Å². The highest BCUT2D eigenvalue weighted by Crippen LogP contribution is 2.42. The van der Waals surface area contributed by atoms with Crippen molar-refractivity contribution in [2.24, 2.45) is 0 Å². The van der Waals surface area contributed by atoms with Crippen molar-refractivity contribution < 1.29 is 23.5 Å². The van der Waals surface area contributed by atoms with Gasteiger partial charge in [-0.25, -0.2) is 18.9 Å². The summed E-state index contributed by atoms with van der Waals surface area (Å²) in [6, 6.07) is 7.28. The van der Waals surface area contributed by atoms with E-state index in [1.54, 1.807) is 39.1 Å². The fourth-order valence-electron chi connectivity index (χ4n) is 2.61. The van der Waals surface area contributed by atoms with Gasteiger partial charge in [0.05, 0.1) is 22.5 Å². The molecule has 3 rings (SSSR count). The van der Waals surface area contributed by atoms with Crippen molar-refractivity contribution in [2.45, 2.75) is 26.4 Å². The van der Waals surface area contributed by atoms with Crippen LogP contribution in [0.25, 0.3) is 10.2 Å². The van der Waals surface area contributed by atoms with Crippen LogP contribution < -0.4 is 4.90 Å². The number of aromatic nitrogens is 1. The van der Waals surface area contributed by atoms with E-state index in [1.165, 1.54) is 19.2 Å². The summed E-state index contributed by atoms with van der Waals surface area (Å²) in [5.74, 6) is -1.27. The largest absolute Gasteiger partial charge is 0.465 e. The van der Waals surface area contributed by atoms with Gasteiger partial charge in [-0.3, -0.25) is 4.98 Å². The highest BCUT2D eigenvalue weighted by Gasteiger charge is 2.33. The first-order valence-corrected chi connectivity index (χ1v) is 9.76. The molecule has 2 heterocycles. The Balaban J connectivity index is 2.30. The first kappa shape index (κ1) is 21.0. The van der Waals surface area contributed by atoms with Crippen LogP contribution in [0, 0.1) is 5.82 Å². The van der Waals surface area contributed by atoms with Crippen molar-refractivity contribution in [1.29, 1.82) is 0 Å². The average Bonchev–Trinajstić information content (AvgIpc) is 3.02. The number of esters is 1. The van der Waals surface area contributed by atoms with Crippen molar-refractivity contribution in [2.75, 3.05) is 12.0 Å². The average molecular weight is 437 g/mol. The van der Waals surface area contributed by atoms with Crippen LogP contribution in [0.15, 0.2) is 36.5 Å². The van der Waals surface area contributed by atoms with E-state index < -0.39 is 23.5 Å². The van der Waals surface area contributed by atoms with E-state index >= 15 is 0 Å². The minimum Gasteiger partial charge on any atom is -0.465 e. The van der Waals surface area contributed by atoms with E-state index in [4.69, 9.17) is 21.1 Å². The molecule has 6 nitrogen and oxygen atoms in total. The Bertz CT molecular complexity index is 1090. The van der Waals surface area contributed by atoms with Crippen LogP contribution in [0.5, 0.6) is 0 Å². The topological polar surface area (TPSA) is 68.7 Å². The molecule has 0 saturated heterocycles. The molecule has 0 bridgehead atoms. The third-order valence-electron chi connectivity index (χ3n) is 3.75. The standard InChI is InChI=1S/C20H18ClFN2O4S/c1-20(2,3)28-19(26)24(11-7-8-13(22)12(21)10-11)16-15-14(6-5-9-23-15)29-17(16)18(25)27-4/h5-10H,1-4H3. The molecule has 0 aliphatic carbocycles. The van der Waals surface area contributed by atoms with Gasteiger partial charge in [-0.1, -0.05) is 11.6 Å². The molecule has 0 spiro atoms. The Morgan fingerprint density at radius 3 is 2.59 bits per heavy atom. The Labute approximate surface area is 175 Å². The van der Waals surface area contributed by atoms with Gasteiger partial charge < -0.3 is 9.47 Å². The van der Waals surface area contributed by atoms with E-state index in [9.17, 15) is 14.0 Å². The second kappa shape index (κ2) is 7.96. The van der Waals surface area contributed by atoms with Gasteiger partial charge in [0.2, 0.25) is 0 Å². The Morgan fingerprint density at radius 1 is 1.24 bits per heavy atom. The molecule has 0 radical (unpaired) electrons. The summed E-state index contributed by atoms with van der Waals surface area (Å²) in [4.78, 5) is 31.3. The number of methoxy groups -OCH3 is 1. The molecule has 0 aliphatic heterocycles. The lowest BCUT2D eigenvalue weighted by Crippen LogP contribution is -2.34. The van der Waals surface area contributed by atoms with Gasteiger partial charge in [0.25, 0.3) is 0 Å². The lowest BCUT2D eigenvalue weighted by molar-refractivity contribution is 0.0598. The minimum absolute atomic E-state index is 0.160. The van der Waals surface area contributed by atoms with Gasteiger partial charge >= 0.3 is 12.1 Å². The normalized spacial score (nSPS) is 11.4. The predicted octanol–water partition coefficient (Wildman–Crippen LogP) is 5.95. The van der Waals surface area contributed by atoms with Crippen LogP contribution in [-0.4, -0.2) is 29.8 Å². The van der Waals surface area contributed by atoms with Crippen molar-refractivity contribution in [3.8, 4) is 0 Å². The minimum atomic E-state index is -0.816. The van der Waals surface area contributed by atoms with Gasteiger partial charge in [-0.2, -0.15) is 0 Å². The Kier molecular flexibility index (Phi) is 5.77. The third-order valence-corrected chi connectivity index (χ3v) is 5.16. The lowest BCUT2D eigenvalue weighted by atomic mass is 10.2. The lowest BCUT2D eigenvalue weighted by Gasteiger charge is -2.27. The third kappa shape index (κ3) is 4.33. The number of ether oxygens (including phenoxy) is 2. The van der Waals surface area contributed by atoms with Crippen molar-refractivity contribution >= 4 is 56.6 Å². The monoisotopic (exact) mass is 436 g/mol. The molecular weight excluding hydrogens is 419 g/mol. The number of pyridine rings is 1. The van der Waals surface area contributed by atoms with Crippen LogP contribution in [0.1, 0.15) is 30.4 Å². The number of carbonyl (C=O) groups excluding carboxylic acids is 2. The summed E-state index contributed by atoms with van der Waals surface area (Å²) >= 11 is 7.08. The van der Waals surface area contributed by atoms with Crippen LogP contribution in [0.4, 0.5) is 20.6 Å². The number of anilines is 2. The molecule has 29 heavy (non-hydrogen) atoms. The molecule has 3 aromatic rings. The smallest absolute Gasteiger partial charge is 0.419 e. The molecule has 0 unspecified atom stereocenters. The summed E-state index contributed by atoms with van der Waals surface area (Å²) in [5, 5.41) is -0.178. The quantitative estimate of drug-likeness (QED) is 0.474. The molecular formula is C20H18ClFN2O4S. The fourth-order valence-corrected chi connectivity index (χ4v) is 3.85. The summed E-state index contributed by atoms with van der Waals surface area (Å²) in [6.07, 6.45) is 0.778. The first-order valence-electron chi connectivity index (χ1n) is 8.56. The summed E-state index contributed by atoms with van der Waals surface area (Å²) < 4.78 is 24.8. The van der Waals surface area contributed by atoms with E-state index in [0.29, 0.717) is 10.2 Å². The van der Waals surface area contributed by atoms with Crippen LogP contribution in [0.2, 0.25) is 5.02 Å². The molecule has 0 fully saturated rings. The number of nitrogens with zero attached hydrogens (tertiary/aromatic N) is 2. The van der Waals surface area contributed by atoms with E-state index in [2.05, 4.69) is 4.98 Å². The Morgan fingerprint density at radius 2 is 1.97 bits per heavy atom. The van der Waals surface area contributed by atoms with Crippen LogP contribution in [0.3, 0.4) is 0 Å². The number of amides is 1. The number of hydrogen-bond donors (Lipinski definition) is 0. The van der Waals surface area contributed by atoms with E-state index in [-0.39, 0.29) is 21.3 Å². The van der Waals surface area contributed by atoms with E-state index in [0.717, 1.165) is 22.3 Å². The van der Waals surface area contributed by atoms with Gasteiger partial charge in [0, 0.05) is 6.20 Å². The number of thiophene rings is 1. The zero-order valence-corrected chi connectivity index (χ0v) is 17.7. The Hall–Kier alpha value is -2.71. The van der Waals surface area contributed by atoms with Crippen LogP contribution >= 0.6 is 22.9 Å². The fraction of sp³-hybridized carbons (Fsp3) is 0.250. The summed E-state index contributed by atoms with van der Waals surface area (Å²) in [6.45, 7) is 5.14. The van der Waals surface area contributed by atoms with Crippen molar-refractivity contribution in [3.05, 3.63) is 52.2 Å². The molecule has 152 valence electrons. The maximum absolute atomic E-state index is 13.7. The van der Waals surface area contributed by atoms with Crippen molar-refractivity contribution in [3.63, 3.8) is 0 Å². The maximum atomic E-state index is 13.7. The highest BCUT2D eigenvalue weighted by molar-refractivity contribution is 7.21. The second-order valence-corrected chi connectivity index (χ2v) is 8.50. The number of hydrogen-bond acceptors (Lipinski definition) is 6. The van der Waals surface area contributed by atoms with Gasteiger partial charge in [-0.05, 0) is 51.1 Å². The maximum Gasteiger partial charge on any atom is 0.419 e. The predicted molar refractivity (Wildman–Crippen MR) is 111 cm³/mol. The molecule has 0 N–H and O–H groups in total. The summed E-state index contributed by atoms with van der Waals surface area (Å²) in [7, 11) is 1.25. The molecule has 0 saturated carbocycles. The molecule has 1 aromatic carbocycles. The van der Waals surface area contributed by atoms with Gasteiger partial charge in [-0.15, -0.1) is 11.3 Å².